The molecule has 1 aliphatic heterocycles. The van der Waals surface area contributed by atoms with Crippen LogP contribution in [0.2, 0.25) is 0 Å². The van der Waals surface area contributed by atoms with E-state index in [0.717, 1.165) is 18.7 Å². The van der Waals surface area contributed by atoms with Crippen LogP contribution in [0, 0.1) is 6.92 Å². The van der Waals surface area contributed by atoms with Crippen molar-refractivity contribution >= 4 is 11.6 Å². The molecule has 0 unspecified atom stereocenters. The molecule has 1 aromatic carbocycles. The van der Waals surface area contributed by atoms with Gasteiger partial charge in [0.2, 0.25) is 5.76 Å². The largest absolute Gasteiger partial charge is 0.371 e. The van der Waals surface area contributed by atoms with Gasteiger partial charge in [-0.15, -0.1) is 0 Å². The van der Waals surface area contributed by atoms with Crippen LogP contribution in [0.1, 0.15) is 34.7 Å². The standard InChI is InChI=1S/C17H21N3O2/c1-13-11-16(22-18-13)17(21)19(2)12-14-7-3-4-8-15(14)20-9-5-6-10-20/h3-4,7-8,11H,5-6,9-10,12H2,1-2H3. The number of rotatable bonds is 4. The molecular formula is C17H21N3O2. The van der Waals surface area contributed by atoms with Crippen molar-refractivity contribution in [2.75, 3.05) is 25.0 Å². The average Bonchev–Trinajstić information content (AvgIpc) is 3.18. The minimum Gasteiger partial charge on any atom is -0.371 e. The summed E-state index contributed by atoms with van der Waals surface area (Å²) in [5.74, 6) is 0.149. The van der Waals surface area contributed by atoms with Crippen LogP contribution in [-0.4, -0.2) is 36.1 Å². The molecule has 0 N–H and O–H groups in total. The molecule has 1 fully saturated rings. The second-order valence-electron chi connectivity index (χ2n) is 5.82. The van der Waals surface area contributed by atoms with Gasteiger partial charge in [0.25, 0.3) is 5.91 Å². The van der Waals surface area contributed by atoms with Gasteiger partial charge in [-0.3, -0.25) is 4.79 Å². The van der Waals surface area contributed by atoms with Crippen LogP contribution in [0.3, 0.4) is 0 Å². The van der Waals surface area contributed by atoms with Crippen molar-refractivity contribution in [1.82, 2.24) is 10.1 Å². The van der Waals surface area contributed by atoms with Crippen LogP contribution in [-0.2, 0) is 6.54 Å². The number of anilines is 1. The smallest absolute Gasteiger partial charge is 0.292 e. The number of hydrogen-bond donors (Lipinski definition) is 0. The predicted molar refractivity (Wildman–Crippen MR) is 84.9 cm³/mol. The molecule has 2 heterocycles. The Morgan fingerprint density at radius 2 is 2.05 bits per heavy atom. The maximum absolute atomic E-state index is 12.4. The third-order valence-corrected chi connectivity index (χ3v) is 4.03. The van der Waals surface area contributed by atoms with Crippen molar-refractivity contribution in [2.24, 2.45) is 0 Å². The Hall–Kier alpha value is -2.30. The summed E-state index contributed by atoms with van der Waals surface area (Å²) in [6.45, 7) is 4.56. The van der Waals surface area contributed by atoms with Crippen LogP contribution < -0.4 is 4.90 Å². The number of hydrogen-bond acceptors (Lipinski definition) is 4. The minimum atomic E-state index is -0.142. The van der Waals surface area contributed by atoms with E-state index in [0.29, 0.717) is 18.0 Å². The Bertz CT molecular complexity index is 659. The highest BCUT2D eigenvalue weighted by Gasteiger charge is 2.20. The van der Waals surface area contributed by atoms with Gasteiger partial charge < -0.3 is 14.3 Å². The molecule has 0 radical (unpaired) electrons. The van der Waals surface area contributed by atoms with Crippen molar-refractivity contribution in [1.29, 1.82) is 0 Å². The summed E-state index contributed by atoms with van der Waals surface area (Å²) in [7, 11) is 1.79. The van der Waals surface area contributed by atoms with Gasteiger partial charge in [0, 0.05) is 38.4 Å². The minimum absolute atomic E-state index is 0.142. The van der Waals surface area contributed by atoms with E-state index in [-0.39, 0.29) is 5.91 Å². The quantitative estimate of drug-likeness (QED) is 0.871. The highest BCUT2D eigenvalue weighted by molar-refractivity contribution is 5.91. The fraction of sp³-hybridized carbons (Fsp3) is 0.412. The lowest BCUT2D eigenvalue weighted by molar-refractivity contribution is 0.0743. The van der Waals surface area contributed by atoms with E-state index in [2.05, 4.69) is 28.3 Å². The molecule has 1 aliphatic rings. The Labute approximate surface area is 130 Å². The Morgan fingerprint density at radius 3 is 2.73 bits per heavy atom. The Balaban J connectivity index is 1.76. The van der Waals surface area contributed by atoms with Gasteiger partial charge in [-0.1, -0.05) is 23.4 Å². The maximum atomic E-state index is 12.4. The first-order chi connectivity index (χ1) is 10.6. The number of nitrogens with zero attached hydrogens (tertiary/aromatic N) is 3. The summed E-state index contributed by atoms with van der Waals surface area (Å²) < 4.78 is 5.06. The van der Waals surface area contributed by atoms with Crippen LogP contribution >= 0.6 is 0 Å². The number of carbonyl (C=O) groups is 1. The lowest BCUT2D eigenvalue weighted by Gasteiger charge is -2.24. The second kappa shape index (κ2) is 6.22. The first kappa shape index (κ1) is 14.6. The molecule has 0 aliphatic carbocycles. The summed E-state index contributed by atoms with van der Waals surface area (Å²) in [5, 5.41) is 3.78. The van der Waals surface area contributed by atoms with E-state index in [9.17, 15) is 4.79 Å². The van der Waals surface area contributed by atoms with Gasteiger partial charge in [-0.2, -0.15) is 0 Å². The van der Waals surface area contributed by atoms with Gasteiger partial charge in [0.15, 0.2) is 0 Å². The zero-order valence-electron chi connectivity index (χ0n) is 13.1. The molecule has 116 valence electrons. The summed E-state index contributed by atoms with van der Waals surface area (Å²) in [6.07, 6.45) is 2.47. The predicted octanol–water partition coefficient (Wildman–Crippen LogP) is 2.86. The highest BCUT2D eigenvalue weighted by Crippen LogP contribution is 2.25. The van der Waals surface area contributed by atoms with Gasteiger partial charge in [-0.25, -0.2) is 0 Å². The van der Waals surface area contributed by atoms with Crippen molar-refractivity contribution in [3.05, 3.63) is 47.3 Å². The Morgan fingerprint density at radius 1 is 1.32 bits per heavy atom. The Kier molecular flexibility index (Phi) is 4.13. The van der Waals surface area contributed by atoms with Crippen molar-refractivity contribution in [2.45, 2.75) is 26.3 Å². The molecule has 1 saturated heterocycles. The summed E-state index contributed by atoms with van der Waals surface area (Å²) in [4.78, 5) is 16.4. The summed E-state index contributed by atoms with van der Waals surface area (Å²) >= 11 is 0. The van der Waals surface area contributed by atoms with E-state index < -0.39 is 0 Å². The molecule has 1 amide bonds. The van der Waals surface area contributed by atoms with Crippen LogP contribution in [0.4, 0.5) is 5.69 Å². The van der Waals surface area contributed by atoms with E-state index in [1.807, 2.05) is 13.0 Å². The normalized spacial score (nSPS) is 14.4. The average molecular weight is 299 g/mol. The fourth-order valence-electron chi connectivity index (χ4n) is 2.89. The second-order valence-corrected chi connectivity index (χ2v) is 5.82. The molecule has 5 nitrogen and oxygen atoms in total. The number of carbonyl (C=O) groups excluding carboxylic acids is 1. The zero-order valence-corrected chi connectivity index (χ0v) is 13.1. The van der Waals surface area contributed by atoms with Crippen molar-refractivity contribution in [3.63, 3.8) is 0 Å². The first-order valence-corrected chi connectivity index (χ1v) is 7.67. The topological polar surface area (TPSA) is 49.6 Å². The van der Waals surface area contributed by atoms with E-state index in [1.54, 1.807) is 18.0 Å². The van der Waals surface area contributed by atoms with E-state index >= 15 is 0 Å². The maximum Gasteiger partial charge on any atom is 0.292 e. The van der Waals surface area contributed by atoms with E-state index in [1.165, 1.54) is 18.5 Å². The van der Waals surface area contributed by atoms with Crippen LogP contribution in [0.25, 0.3) is 0 Å². The molecular weight excluding hydrogens is 278 g/mol. The van der Waals surface area contributed by atoms with E-state index in [4.69, 9.17) is 4.52 Å². The molecule has 5 heteroatoms. The number of para-hydroxylation sites is 1. The molecule has 1 aromatic heterocycles. The molecule has 0 atom stereocenters. The number of aryl methyl sites for hydroxylation is 1. The van der Waals surface area contributed by atoms with Gasteiger partial charge in [0.1, 0.15) is 0 Å². The molecule has 3 rings (SSSR count). The van der Waals surface area contributed by atoms with Crippen molar-refractivity contribution in [3.8, 4) is 0 Å². The summed E-state index contributed by atoms with van der Waals surface area (Å²) in [6, 6.07) is 9.97. The lowest BCUT2D eigenvalue weighted by atomic mass is 10.1. The fourth-order valence-corrected chi connectivity index (χ4v) is 2.89. The monoisotopic (exact) mass is 299 g/mol. The van der Waals surface area contributed by atoms with Gasteiger partial charge in [-0.05, 0) is 31.4 Å². The van der Waals surface area contributed by atoms with Crippen LogP contribution in [0.15, 0.2) is 34.9 Å². The highest BCUT2D eigenvalue weighted by atomic mass is 16.5. The SMILES string of the molecule is Cc1cc(C(=O)N(C)Cc2ccccc2N2CCCC2)on1. The third-order valence-electron chi connectivity index (χ3n) is 4.03. The molecule has 0 bridgehead atoms. The van der Waals surface area contributed by atoms with Crippen LogP contribution in [0.5, 0.6) is 0 Å². The summed E-state index contributed by atoms with van der Waals surface area (Å²) in [5.41, 5.74) is 3.11. The number of benzene rings is 1. The number of aromatic nitrogens is 1. The van der Waals surface area contributed by atoms with Gasteiger partial charge >= 0.3 is 0 Å². The molecule has 22 heavy (non-hydrogen) atoms. The van der Waals surface area contributed by atoms with Gasteiger partial charge in [0.05, 0.1) is 5.69 Å². The number of amides is 1. The molecule has 0 saturated carbocycles. The lowest BCUT2D eigenvalue weighted by Crippen LogP contribution is -2.27. The molecule has 2 aromatic rings. The van der Waals surface area contributed by atoms with Crippen molar-refractivity contribution < 1.29 is 9.32 Å². The third kappa shape index (κ3) is 2.98. The zero-order chi connectivity index (χ0) is 15.5. The molecule has 0 spiro atoms. The first-order valence-electron chi connectivity index (χ1n) is 7.67.